The minimum atomic E-state index is -0.408. The molecule has 2 aromatic carbocycles. The van der Waals surface area contributed by atoms with Gasteiger partial charge in [0.2, 0.25) is 5.91 Å². The molecule has 0 spiro atoms. The van der Waals surface area contributed by atoms with Gasteiger partial charge in [-0.1, -0.05) is 31.2 Å². The normalized spacial score (nSPS) is 10.6. The molecule has 0 bridgehead atoms. The third kappa shape index (κ3) is 3.88. The third-order valence-electron chi connectivity index (χ3n) is 3.88. The van der Waals surface area contributed by atoms with Gasteiger partial charge in [0.15, 0.2) is 0 Å². The SMILES string of the molecule is CCc1ccc2c(COc3ccccc3NC(C)=O)cc(=O)oc2c1. The average molecular weight is 337 g/mol. The Morgan fingerprint density at radius 2 is 1.96 bits per heavy atom. The summed E-state index contributed by atoms with van der Waals surface area (Å²) in [6.45, 7) is 3.69. The second kappa shape index (κ2) is 7.21. The second-order valence-electron chi connectivity index (χ2n) is 5.74. The highest BCUT2D eigenvalue weighted by atomic mass is 16.5. The largest absolute Gasteiger partial charge is 0.487 e. The van der Waals surface area contributed by atoms with Crippen molar-refractivity contribution in [3.8, 4) is 5.75 Å². The number of amides is 1. The molecule has 1 N–H and O–H groups in total. The molecule has 5 nitrogen and oxygen atoms in total. The smallest absolute Gasteiger partial charge is 0.336 e. The molecule has 0 fully saturated rings. The van der Waals surface area contributed by atoms with E-state index in [0.29, 0.717) is 17.0 Å². The number of carbonyl (C=O) groups is 1. The number of para-hydroxylation sites is 2. The number of benzene rings is 2. The molecule has 1 aromatic heterocycles. The van der Waals surface area contributed by atoms with E-state index >= 15 is 0 Å². The maximum atomic E-state index is 11.8. The van der Waals surface area contributed by atoms with E-state index in [1.54, 1.807) is 12.1 Å². The predicted molar refractivity (Wildman–Crippen MR) is 96.9 cm³/mol. The molecular formula is C20H19NO4. The van der Waals surface area contributed by atoms with Crippen LogP contribution in [-0.2, 0) is 17.8 Å². The van der Waals surface area contributed by atoms with Crippen molar-refractivity contribution < 1.29 is 13.9 Å². The van der Waals surface area contributed by atoms with Crippen molar-refractivity contribution in [2.45, 2.75) is 26.9 Å². The van der Waals surface area contributed by atoms with Crippen LogP contribution >= 0.6 is 0 Å². The van der Waals surface area contributed by atoms with Crippen molar-refractivity contribution in [3.63, 3.8) is 0 Å². The van der Waals surface area contributed by atoms with Crippen molar-refractivity contribution in [1.29, 1.82) is 0 Å². The summed E-state index contributed by atoms with van der Waals surface area (Å²) in [5.74, 6) is 0.373. The summed E-state index contributed by atoms with van der Waals surface area (Å²) in [7, 11) is 0. The van der Waals surface area contributed by atoms with Crippen LogP contribution in [0.25, 0.3) is 11.0 Å². The van der Waals surface area contributed by atoms with Gasteiger partial charge in [0.25, 0.3) is 0 Å². The van der Waals surface area contributed by atoms with Crippen molar-refractivity contribution in [2.24, 2.45) is 0 Å². The summed E-state index contributed by atoms with van der Waals surface area (Å²) in [5.41, 5.74) is 2.59. The number of hydrogen-bond donors (Lipinski definition) is 1. The number of carbonyl (C=O) groups excluding carboxylic acids is 1. The fourth-order valence-electron chi connectivity index (χ4n) is 2.65. The van der Waals surface area contributed by atoms with E-state index in [4.69, 9.17) is 9.15 Å². The maximum Gasteiger partial charge on any atom is 0.336 e. The molecule has 3 aromatic rings. The van der Waals surface area contributed by atoms with Crippen molar-refractivity contribution in [2.75, 3.05) is 5.32 Å². The Kier molecular flexibility index (Phi) is 4.84. The molecule has 0 unspecified atom stereocenters. The van der Waals surface area contributed by atoms with E-state index in [2.05, 4.69) is 5.32 Å². The Morgan fingerprint density at radius 3 is 2.72 bits per heavy atom. The molecule has 3 rings (SSSR count). The number of hydrogen-bond acceptors (Lipinski definition) is 4. The van der Waals surface area contributed by atoms with Crippen molar-refractivity contribution >= 4 is 22.6 Å². The van der Waals surface area contributed by atoms with E-state index in [1.807, 2.05) is 37.3 Å². The van der Waals surface area contributed by atoms with Gasteiger partial charge in [-0.25, -0.2) is 4.79 Å². The van der Waals surface area contributed by atoms with Gasteiger partial charge < -0.3 is 14.5 Å². The van der Waals surface area contributed by atoms with Crippen LogP contribution in [0.5, 0.6) is 5.75 Å². The molecule has 0 atom stereocenters. The van der Waals surface area contributed by atoms with Crippen LogP contribution in [0.15, 0.2) is 57.7 Å². The van der Waals surface area contributed by atoms with Crippen LogP contribution in [0.1, 0.15) is 25.0 Å². The summed E-state index contributed by atoms with van der Waals surface area (Å²) in [5, 5.41) is 3.57. The Balaban J connectivity index is 1.91. The lowest BCUT2D eigenvalue weighted by Gasteiger charge is -2.12. The van der Waals surface area contributed by atoms with Crippen LogP contribution in [0.3, 0.4) is 0 Å². The first-order chi connectivity index (χ1) is 12.1. The lowest BCUT2D eigenvalue weighted by Crippen LogP contribution is -2.09. The number of ether oxygens (including phenoxy) is 1. The summed E-state index contributed by atoms with van der Waals surface area (Å²) in [6, 6.07) is 14.4. The first-order valence-corrected chi connectivity index (χ1v) is 8.12. The maximum absolute atomic E-state index is 11.8. The topological polar surface area (TPSA) is 68.5 Å². The summed E-state index contributed by atoms with van der Waals surface area (Å²) >= 11 is 0. The zero-order chi connectivity index (χ0) is 17.8. The lowest BCUT2D eigenvalue weighted by atomic mass is 10.1. The highest BCUT2D eigenvalue weighted by molar-refractivity contribution is 5.90. The number of rotatable bonds is 5. The first kappa shape index (κ1) is 16.8. The van der Waals surface area contributed by atoms with Gasteiger partial charge in [-0.05, 0) is 30.2 Å². The van der Waals surface area contributed by atoms with E-state index in [9.17, 15) is 9.59 Å². The molecule has 0 aliphatic heterocycles. The van der Waals surface area contributed by atoms with Gasteiger partial charge in [-0.3, -0.25) is 4.79 Å². The highest BCUT2D eigenvalue weighted by Crippen LogP contribution is 2.26. The van der Waals surface area contributed by atoms with E-state index in [1.165, 1.54) is 13.0 Å². The fraction of sp³-hybridized carbons (Fsp3) is 0.200. The number of aryl methyl sites for hydroxylation is 1. The van der Waals surface area contributed by atoms with Gasteiger partial charge in [-0.2, -0.15) is 0 Å². The Bertz CT molecular complexity index is 975. The molecule has 0 aliphatic carbocycles. The Morgan fingerprint density at radius 1 is 1.16 bits per heavy atom. The van der Waals surface area contributed by atoms with Gasteiger partial charge in [-0.15, -0.1) is 0 Å². The van der Waals surface area contributed by atoms with Gasteiger partial charge in [0, 0.05) is 23.9 Å². The van der Waals surface area contributed by atoms with Crippen LogP contribution in [0.2, 0.25) is 0 Å². The van der Waals surface area contributed by atoms with Crippen molar-refractivity contribution in [1.82, 2.24) is 0 Å². The summed E-state index contributed by atoms with van der Waals surface area (Å²) in [6.07, 6.45) is 0.866. The highest BCUT2D eigenvalue weighted by Gasteiger charge is 2.09. The van der Waals surface area contributed by atoms with E-state index in [-0.39, 0.29) is 12.5 Å². The van der Waals surface area contributed by atoms with Gasteiger partial charge in [0.1, 0.15) is 17.9 Å². The van der Waals surface area contributed by atoms with Crippen LogP contribution < -0.4 is 15.7 Å². The van der Waals surface area contributed by atoms with E-state index in [0.717, 1.165) is 22.9 Å². The zero-order valence-electron chi connectivity index (χ0n) is 14.2. The average Bonchev–Trinajstić information content (AvgIpc) is 2.59. The molecule has 1 amide bonds. The fourth-order valence-corrected chi connectivity index (χ4v) is 2.65. The molecular weight excluding hydrogens is 318 g/mol. The second-order valence-corrected chi connectivity index (χ2v) is 5.74. The molecule has 0 radical (unpaired) electrons. The lowest BCUT2D eigenvalue weighted by molar-refractivity contribution is -0.114. The van der Waals surface area contributed by atoms with Crippen LogP contribution in [0.4, 0.5) is 5.69 Å². The summed E-state index contributed by atoms with van der Waals surface area (Å²) in [4.78, 5) is 23.1. The predicted octanol–water partition coefficient (Wildman–Crippen LogP) is 3.89. The Labute approximate surface area is 145 Å². The quantitative estimate of drug-likeness (QED) is 0.717. The summed E-state index contributed by atoms with van der Waals surface area (Å²) < 4.78 is 11.2. The van der Waals surface area contributed by atoms with E-state index < -0.39 is 5.63 Å². The standard InChI is InChI=1S/C20H19NO4/c1-3-14-8-9-16-15(11-20(23)25-19(16)10-14)12-24-18-7-5-4-6-17(18)21-13(2)22/h4-11H,3,12H2,1-2H3,(H,21,22). The first-order valence-electron chi connectivity index (χ1n) is 8.12. The number of anilines is 1. The molecule has 0 saturated heterocycles. The number of fused-ring (bicyclic) bond motifs is 1. The molecule has 25 heavy (non-hydrogen) atoms. The minimum absolute atomic E-state index is 0.172. The zero-order valence-corrected chi connectivity index (χ0v) is 14.2. The number of nitrogens with one attached hydrogen (secondary N) is 1. The van der Waals surface area contributed by atoms with Gasteiger partial charge >= 0.3 is 5.63 Å². The molecule has 0 aliphatic rings. The molecule has 0 saturated carbocycles. The Hall–Kier alpha value is -3.08. The monoisotopic (exact) mass is 337 g/mol. The van der Waals surface area contributed by atoms with Crippen LogP contribution in [0, 0.1) is 0 Å². The van der Waals surface area contributed by atoms with Gasteiger partial charge in [0.05, 0.1) is 5.69 Å². The molecule has 1 heterocycles. The minimum Gasteiger partial charge on any atom is -0.487 e. The third-order valence-corrected chi connectivity index (χ3v) is 3.88. The van der Waals surface area contributed by atoms with Crippen LogP contribution in [-0.4, -0.2) is 5.91 Å². The molecule has 128 valence electrons. The van der Waals surface area contributed by atoms with Crippen molar-refractivity contribution in [3.05, 3.63) is 70.1 Å². The molecule has 5 heteroatoms.